The first kappa shape index (κ1) is 14.6. The van der Waals surface area contributed by atoms with E-state index in [0.717, 1.165) is 28.6 Å². The Labute approximate surface area is 119 Å². The van der Waals surface area contributed by atoms with Crippen molar-refractivity contribution in [3.63, 3.8) is 0 Å². The Balaban J connectivity index is 2.34. The number of nitrogens with two attached hydrogens (primary N) is 1. The highest BCUT2D eigenvalue weighted by Gasteiger charge is 2.09. The molecule has 0 radical (unpaired) electrons. The Hall–Kier alpha value is -1.85. The van der Waals surface area contributed by atoms with Crippen molar-refractivity contribution < 1.29 is 9.47 Å². The minimum absolute atomic E-state index is 0.215. The van der Waals surface area contributed by atoms with Crippen molar-refractivity contribution in [2.45, 2.75) is 33.0 Å². The molecule has 2 aromatic rings. The van der Waals surface area contributed by atoms with Gasteiger partial charge in [-0.05, 0) is 31.5 Å². The van der Waals surface area contributed by atoms with Crippen LogP contribution >= 0.6 is 0 Å². The summed E-state index contributed by atoms with van der Waals surface area (Å²) in [7, 11) is 1.64. The van der Waals surface area contributed by atoms with Gasteiger partial charge < -0.3 is 14.9 Å². The van der Waals surface area contributed by atoms with Crippen LogP contribution in [0.15, 0.2) is 24.3 Å². The van der Waals surface area contributed by atoms with Gasteiger partial charge >= 0.3 is 0 Å². The number of ether oxygens (including phenoxy) is 2. The van der Waals surface area contributed by atoms with Crippen LogP contribution in [0.25, 0.3) is 10.9 Å². The summed E-state index contributed by atoms with van der Waals surface area (Å²) in [6.07, 6.45) is 1.19. The summed E-state index contributed by atoms with van der Waals surface area (Å²) in [5.74, 6) is 6.96. The number of nitrogens with one attached hydrogen (secondary N) is 1. The summed E-state index contributed by atoms with van der Waals surface area (Å²) in [5.41, 5.74) is 4.42. The highest BCUT2D eigenvalue weighted by atomic mass is 16.5. The number of aromatic nitrogens is 1. The maximum atomic E-state index is 5.75. The Morgan fingerprint density at radius 2 is 2.15 bits per heavy atom. The zero-order valence-electron chi connectivity index (χ0n) is 12.1. The van der Waals surface area contributed by atoms with Gasteiger partial charge in [-0.15, -0.1) is 0 Å². The molecule has 1 atom stereocenters. The van der Waals surface area contributed by atoms with E-state index >= 15 is 0 Å². The van der Waals surface area contributed by atoms with Gasteiger partial charge in [0, 0.05) is 17.0 Å². The Morgan fingerprint density at radius 1 is 1.35 bits per heavy atom. The summed E-state index contributed by atoms with van der Waals surface area (Å²) >= 11 is 0. The van der Waals surface area contributed by atoms with Crippen molar-refractivity contribution in [2.24, 2.45) is 5.84 Å². The third-order valence-corrected chi connectivity index (χ3v) is 3.34. The minimum atomic E-state index is 0.215. The van der Waals surface area contributed by atoms with Crippen LogP contribution in [0.3, 0.4) is 0 Å². The van der Waals surface area contributed by atoms with E-state index in [2.05, 4.69) is 24.3 Å². The number of anilines is 1. The molecule has 0 saturated heterocycles. The van der Waals surface area contributed by atoms with Crippen molar-refractivity contribution in [1.82, 2.24) is 4.98 Å². The van der Waals surface area contributed by atoms with E-state index in [0.29, 0.717) is 12.4 Å². The van der Waals surface area contributed by atoms with Crippen LogP contribution in [0.5, 0.6) is 5.75 Å². The standard InChI is InChI=1S/C15H21N3O2/c1-4-10(2)20-9-12-7-11-5-6-13(19-3)8-14(11)17-15(12)18-16/h5-8,10H,4,9,16H2,1-3H3,(H,17,18). The molecule has 0 aliphatic heterocycles. The molecule has 3 N–H and O–H groups in total. The normalized spacial score (nSPS) is 12.4. The van der Waals surface area contributed by atoms with E-state index in [1.54, 1.807) is 7.11 Å². The predicted octanol–water partition coefficient (Wildman–Crippen LogP) is 2.84. The summed E-state index contributed by atoms with van der Waals surface area (Å²) < 4.78 is 11.0. The van der Waals surface area contributed by atoms with Crippen LogP contribution in [0.2, 0.25) is 0 Å². The molecule has 0 amide bonds. The number of nitrogens with zero attached hydrogens (tertiary/aromatic N) is 1. The Morgan fingerprint density at radius 3 is 2.80 bits per heavy atom. The molecule has 5 heteroatoms. The lowest BCUT2D eigenvalue weighted by molar-refractivity contribution is 0.0511. The fraction of sp³-hybridized carbons (Fsp3) is 0.400. The number of benzene rings is 1. The van der Waals surface area contributed by atoms with Gasteiger partial charge in [0.1, 0.15) is 11.6 Å². The number of hydrazine groups is 1. The summed E-state index contributed by atoms with van der Waals surface area (Å²) in [6, 6.07) is 7.82. The molecule has 1 aromatic heterocycles. The number of hydrogen-bond donors (Lipinski definition) is 2. The highest BCUT2D eigenvalue weighted by Crippen LogP contribution is 2.24. The molecule has 0 spiro atoms. The van der Waals surface area contributed by atoms with Crippen LogP contribution in [0.1, 0.15) is 25.8 Å². The van der Waals surface area contributed by atoms with E-state index in [9.17, 15) is 0 Å². The average molecular weight is 275 g/mol. The fourth-order valence-corrected chi connectivity index (χ4v) is 1.90. The zero-order valence-corrected chi connectivity index (χ0v) is 12.1. The first-order chi connectivity index (χ1) is 9.67. The molecule has 2 rings (SSSR count). The molecule has 108 valence electrons. The van der Waals surface area contributed by atoms with Crippen LogP contribution in [-0.2, 0) is 11.3 Å². The molecule has 1 heterocycles. The number of fused-ring (bicyclic) bond motifs is 1. The molecule has 1 aromatic carbocycles. The number of hydrogen-bond acceptors (Lipinski definition) is 5. The van der Waals surface area contributed by atoms with Crippen molar-refractivity contribution in [3.05, 3.63) is 29.8 Å². The van der Waals surface area contributed by atoms with Crippen molar-refractivity contribution in [2.75, 3.05) is 12.5 Å². The first-order valence-electron chi connectivity index (χ1n) is 6.73. The van der Waals surface area contributed by atoms with Gasteiger partial charge in [-0.1, -0.05) is 6.92 Å². The molecule has 5 nitrogen and oxygen atoms in total. The number of pyridine rings is 1. The third-order valence-electron chi connectivity index (χ3n) is 3.34. The first-order valence-corrected chi connectivity index (χ1v) is 6.73. The quantitative estimate of drug-likeness (QED) is 0.626. The smallest absolute Gasteiger partial charge is 0.146 e. The van der Waals surface area contributed by atoms with Crippen LogP contribution in [0, 0.1) is 0 Å². The highest BCUT2D eigenvalue weighted by molar-refractivity contribution is 5.83. The van der Waals surface area contributed by atoms with Gasteiger partial charge in [0.15, 0.2) is 0 Å². The maximum Gasteiger partial charge on any atom is 0.146 e. The van der Waals surface area contributed by atoms with E-state index in [4.69, 9.17) is 15.3 Å². The maximum absolute atomic E-state index is 5.75. The van der Waals surface area contributed by atoms with E-state index < -0.39 is 0 Å². The van der Waals surface area contributed by atoms with E-state index in [1.807, 2.05) is 24.3 Å². The second-order valence-corrected chi connectivity index (χ2v) is 4.73. The molecule has 0 aliphatic carbocycles. The Kier molecular flexibility index (Phi) is 4.76. The van der Waals surface area contributed by atoms with Gasteiger partial charge in [0.2, 0.25) is 0 Å². The minimum Gasteiger partial charge on any atom is -0.497 e. The lowest BCUT2D eigenvalue weighted by atomic mass is 10.1. The molecule has 0 bridgehead atoms. The third kappa shape index (κ3) is 3.18. The topological polar surface area (TPSA) is 69.4 Å². The second kappa shape index (κ2) is 6.54. The number of nitrogen functional groups attached to an aromatic ring is 1. The van der Waals surface area contributed by atoms with Gasteiger partial charge in [-0.25, -0.2) is 10.8 Å². The predicted molar refractivity (Wildman–Crippen MR) is 80.6 cm³/mol. The fourth-order valence-electron chi connectivity index (χ4n) is 1.90. The largest absolute Gasteiger partial charge is 0.497 e. The van der Waals surface area contributed by atoms with Gasteiger partial charge in [0.05, 0.1) is 25.3 Å². The van der Waals surface area contributed by atoms with Gasteiger partial charge in [-0.3, -0.25) is 0 Å². The molecule has 0 fully saturated rings. The lowest BCUT2D eigenvalue weighted by Gasteiger charge is -2.14. The summed E-state index contributed by atoms with van der Waals surface area (Å²) in [6.45, 7) is 4.63. The summed E-state index contributed by atoms with van der Waals surface area (Å²) in [4.78, 5) is 4.51. The zero-order chi connectivity index (χ0) is 14.5. The number of rotatable bonds is 6. The van der Waals surface area contributed by atoms with Crippen molar-refractivity contribution in [1.29, 1.82) is 0 Å². The average Bonchev–Trinajstić information content (AvgIpc) is 2.50. The lowest BCUT2D eigenvalue weighted by Crippen LogP contribution is -2.13. The van der Waals surface area contributed by atoms with Crippen molar-refractivity contribution in [3.8, 4) is 5.75 Å². The molecule has 0 saturated carbocycles. The molecular formula is C15H21N3O2. The Bertz CT molecular complexity index is 587. The van der Waals surface area contributed by atoms with Gasteiger partial charge in [-0.2, -0.15) is 0 Å². The van der Waals surface area contributed by atoms with E-state index in [1.165, 1.54) is 0 Å². The van der Waals surface area contributed by atoms with Crippen LogP contribution in [0.4, 0.5) is 5.82 Å². The summed E-state index contributed by atoms with van der Waals surface area (Å²) in [5, 5.41) is 1.03. The second-order valence-electron chi connectivity index (χ2n) is 4.73. The van der Waals surface area contributed by atoms with Gasteiger partial charge in [0.25, 0.3) is 0 Å². The van der Waals surface area contributed by atoms with Crippen LogP contribution < -0.4 is 16.0 Å². The van der Waals surface area contributed by atoms with E-state index in [-0.39, 0.29) is 6.10 Å². The van der Waals surface area contributed by atoms with Crippen LogP contribution in [-0.4, -0.2) is 18.2 Å². The number of methoxy groups -OCH3 is 1. The molecular weight excluding hydrogens is 254 g/mol. The molecule has 20 heavy (non-hydrogen) atoms. The monoisotopic (exact) mass is 275 g/mol. The SMILES string of the molecule is CCC(C)OCc1cc2ccc(OC)cc2nc1NN. The molecule has 1 unspecified atom stereocenters. The van der Waals surface area contributed by atoms with Crippen molar-refractivity contribution >= 4 is 16.7 Å². The molecule has 0 aliphatic rings.